The fourth-order valence-electron chi connectivity index (χ4n) is 1.80. The van der Waals surface area contributed by atoms with Crippen LogP contribution in [-0.4, -0.2) is 16.6 Å². The Hall–Kier alpha value is -0.670. The highest BCUT2D eigenvalue weighted by atomic mass is 17.1. The van der Waals surface area contributed by atoms with Crippen LogP contribution in [0.3, 0.4) is 0 Å². The summed E-state index contributed by atoms with van der Waals surface area (Å²) in [6.45, 7) is 7.43. The average Bonchev–Trinajstić information content (AvgIpc) is 2.04. The molecule has 0 radical (unpaired) electrons. The van der Waals surface area contributed by atoms with E-state index in [0.29, 0.717) is 24.3 Å². The zero-order chi connectivity index (χ0) is 10.1. The third kappa shape index (κ3) is 1.67. The van der Waals surface area contributed by atoms with Crippen LogP contribution in [0, 0.1) is 5.92 Å². The summed E-state index contributed by atoms with van der Waals surface area (Å²) in [4.78, 5) is 16.0. The molecule has 0 spiro atoms. The van der Waals surface area contributed by atoms with Gasteiger partial charge in [0.15, 0.2) is 11.4 Å². The van der Waals surface area contributed by atoms with Gasteiger partial charge in [0.1, 0.15) is 0 Å². The molecule has 0 aromatic carbocycles. The molecule has 3 heteroatoms. The maximum absolute atomic E-state index is 11.7. The summed E-state index contributed by atoms with van der Waals surface area (Å²) >= 11 is 0. The Morgan fingerprint density at radius 2 is 2.38 bits per heavy atom. The molecule has 2 unspecified atom stereocenters. The summed E-state index contributed by atoms with van der Waals surface area (Å²) in [6.07, 6.45) is 1.89. The largest absolute Gasteiger partial charge is 0.296 e. The fraction of sp³-hybridized carbons (Fsp3) is 0.700. The maximum atomic E-state index is 11.7. The van der Waals surface area contributed by atoms with Crippen LogP contribution in [0.15, 0.2) is 12.2 Å². The van der Waals surface area contributed by atoms with Crippen LogP contribution in [0.4, 0.5) is 0 Å². The lowest BCUT2D eigenvalue weighted by atomic mass is 9.75. The minimum atomic E-state index is -1.12. The van der Waals surface area contributed by atoms with Gasteiger partial charge in [-0.05, 0) is 31.3 Å². The van der Waals surface area contributed by atoms with Crippen LogP contribution >= 0.6 is 0 Å². The van der Waals surface area contributed by atoms with Crippen LogP contribution in [0.2, 0.25) is 0 Å². The van der Waals surface area contributed by atoms with Crippen molar-refractivity contribution in [3.8, 4) is 0 Å². The first kappa shape index (κ1) is 10.4. The van der Waals surface area contributed by atoms with Crippen molar-refractivity contribution in [2.45, 2.75) is 38.7 Å². The normalized spacial score (nSPS) is 34.7. The summed E-state index contributed by atoms with van der Waals surface area (Å²) in [7, 11) is 0. The highest BCUT2D eigenvalue weighted by molar-refractivity contribution is 5.91. The summed E-state index contributed by atoms with van der Waals surface area (Å²) in [6, 6.07) is 0. The van der Waals surface area contributed by atoms with Crippen molar-refractivity contribution in [1.82, 2.24) is 0 Å². The van der Waals surface area contributed by atoms with Crippen molar-refractivity contribution in [3.63, 3.8) is 0 Å². The van der Waals surface area contributed by atoms with E-state index in [-0.39, 0.29) is 5.78 Å². The van der Waals surface area contributed by atoms with Gasteiger partial charge in [0.25, 0.3) is 0 Å². The molecule has 74 valence electrons. The second-order valence-electron chi connectivity index (χ2n) is 3.97. The lowest BCUT2D eigenvalue weighted by Crippen LogP contribution is -2.45. The molecule has 0 aliphatic heterocycles. The Labute approximate surface area is 78.3 Å². The Morgan fingerprint density at radius 1 is 1.77 bits per heavy atom. The van der Waals surface area contributed by atoms with Crippen molar-refractivity contribution in [2.75, 3.05) is 0 Å². The first-order valence-corrected chi connectivity index (χ1v) is 4.55. The first-order chi connectivity index (χ1) is 6.03. The van der Waals surface area contributed by atoms with Gasteiger partial charge < -0.3 is 0 Å². The van der Waals surface area contributed by atoms with Gasteiger partial charge in [-0.3, -0.25) is 10.1 Å². The molecule has 1 rings (SSSR count). The predicted octanol–water partition coefficient (Wildman–Crippen LogP) is 2.18. The molecule has 1 saturated carbocycles. The van der Waals surface area contributed by atoms with Crippen molar-refractivity contribution in [2.24, 2.45) is 5.92 Å². The zero-order valence-electron chi connectivity index (χ0n) is 8.17. The van der Waals surface area contributed by atoms with E-state index in [1.165, 1.54) is 0 Å². The molecule has 13 heavy (non-hydrogen) atoms. The van der Waals surface area contributed by atoms with Crippen molar-refractivity contribution >= 4 is 5.78 Å². The smallest absolute Gasteiger partial charge is 0.181 e. The second-order valence-corrected chi connectivity index (χ2v) is 3.97. The number of hydrogen-bond donors (Lipinski definition) is 1. The number of ketones is 1. The van der Waals surface area contributed by atoms with Gasteiger partial charge in [-0.25, -0.2) is 4.89 Å². The average molecular weight is 184 g/mol. The van der Waals surface area contributed by atoms with E-state index in [9.17, 15) is 4.79 Å². The van der Waals surface area contributed by atoms with Crippen LogP contribution in [-0.2, 0) is 9.68 Å². The second kappa shape index (κ2) is 3.60. The van der Waals surface area contributed by atoms with E-state index < -0.39 is 5.60 Å². The lowest BCUT2D eigenvalue weighted by molar-refractivity contribution is -0.304. The van der Waals surface area contributed by atoms with Gasteiger partial charge in [-0.2, -0.15) is 0 Å². The molecule has 1 aliphatic carbocycles. The lowest BCUT2D eigenvalue weighted by Gasteiger charge is -2.35. The predicted molar refractivity (Wildman–Crippen MR) is 49.3 cm³/mol. The molecule has 1 aliphatic rings. The van der Waals surface area contributed by atoms with E-state index in [0.717, 1.165) is 6.42 Å². The van der Waals surface area contributed by atoms with E-state index in [4.69, 9.17) is 5.26 Å². The molecule has 0 amide bonds. The fourth-order valence-corrected chi connectivity index (χ4v) is 1.80. The molecule has 0 aromatic rings. The van der Waals surface area contributed by atoms with E-state index >= 15 is 0 Å². The Bertz CT molecular complexity index is 234. The van der Waals surface area contributed by atoms with Crippen LogP contribution < -0.4 is 0 Å². The van der Waals surface area contributed by atoms with Gasteiger partial charge >= 0.3 is 0 Å². The number of carbonyl (C=O) groups excluding carboxylic acids is 1. The molecular formula is C10H16O3. The summed E-state index contributed by atoms with van der Waals surface area (Å²) < 4.78 is 0. The Kier molecular flexibility index (Phi) is 2.88. The van der Waals surface area contributed by atoms with Crippen LogP contribution in [0.5, 0.6) is 0 Å². The molecule has 0 saturated heterocycles. The first-order valence-electron chi connectivity index (χ1n) is 4.55. The van der Waals surface area contributed by atoms with Crippen LogP contribution in [0.1, 0.15) is 33.1 Å². The van der Waals surface area contributed by atoms with Gasteiger partial charge in [0.05, 0.1) is 0 Å². The Balaban J connectivity index is 2.88. The Morgan fingerprint density at radius 3 is 2.77 bits per heavy atom. The highest BCUT2D eigenvalue weighted by Crippen LogP contribution is 2.35. The van der Waals surface area contributed by atoms with E-state index in [2.05, 4.69) is 11.5 Å². The summed E-state index contributed by atoms with van der Waals surface area (Å²) in [5.41, 5.74) is -0.529. The summed E-state index contributed by atoms with van der Waals surface area (Å²) in [5.74, 6) is 0.330. The third-order valence-electron chi connectivity index (χ3n) is 2.82. The third-order valence-corrected chi connectivity index (χ3v) is 2.82. The number of Topliss-reactive ketones (excluding diaryl/α,β-unsaturated/α-hetero) is 1. The van der Waals surface area contributed by atoms with E-state index in [1.807, 2.05) is 6.92 Å². The molecule has 0 bridgehead atoms. The molecule has 0 aromatic heterocycles. The van der Waals surface area contributed by atoms with Gasteiger partial charge in [-0.1, -0.05) is 13.5 Å². The topological polar surface area (TPSA) is 46.5 Å². The van der Waals surface area contributed by atoms with Gasteiger partial charge in [-0.15, -0.1) is 0 Å². The van der Waals surface area contributed by atoms with Gasteiger partial charge in [0, 0.05) is 6.42 Å². The van der Waals surface area contributed by atoms with Crippen molar-refractivity contribution < 1.29 is 14.9 Å². The molecule has 1 N–H and O–H groups in total. The number of hydrogen-bond acceptors (Lipinski definition) is 3. The molecule has 0 heterocycles. The molecular weight excluding hydrogens is 168 g/mol. The standard InChI is InChI=1S/C10H16O3/c1-7(2)10(13-12)5-4-8(3)6-9(10)11/h8,12H,1,4-6H2,2-3H3. The SMILES string of the molecule is C=C(C)C1(OO)CCC(C)CC1=O. The van der Waals surface area contributed by atoms with Crippen molar-refractivity contribution in [3.05, 3.63) is 12.2 Å². The highest BCUT2D eigenvalue weighted by Gasteiger charge is 2.44. The molecule has 1 fully saturated rings. The number of rotatable bonds is 2. The van der Waals surface area contributed by atoms with Gasteiger partial charge in [0.2, 0.25) is 0 Å². The van der Waals surface area contributed by atoms with E-state index in [1.54, 1.807) is 6.92 Å². The monoisotopic (exact) mass is 184 g/mol. The minimum Gasteiger partial charge on any atom is -0.296 e. The number of carbonyl (C=O) groups is 1. The zero-order valence-corrected chi connectivity index (χ0v) is 8.17. The molecule has 2 atom stereocenters. The minimum absolute atomic E-state index is 0.0544. The van der Waals surface area contributed by atoms with Crippen molar-refractivity contribution in [1.29, 1.82) is 0 Å². The summed E-state index contributed by atoms with van der Waals surface area (Å²) in [5, 5.41) is 8.79. The van der Waals surface area contributed by atoms with Crippen LogP contribution in [0.25, 0.3) is 0 Å². The quantitative estimate of drug-likeness (QED) is 0.406. The molecule has 3 nitrogen and oxygen atoms in total. The maximum Gasteiger partial charge on any atom is 0.181 e.